The fourth-order valence-electron chi connectivity index (χ4n) is 0.716. The summed E-state index contributed by atoms with van der Waals surface area (Å²) in [6.45, 7) is 2.98. The van der Waals surface area contributed by atoms with Gasteiger partial charge in [0.05, 0.1) is 12.6 Å². The number of aliphatic hydroxyl groups is 1. The minimum Gasteiger partial charge on any atom is -0.393 e. The highest BCUT2D eigenvalue weighted by atomic mass is 16.3. The summed E-state index contributed by atoms with van der Waals surface area (Å²) in [5, 5.41) is 11.0. The van der Waals surface area contributed by atoms with E-state index in [1.54, 1.807) is 19.9 Å². The van der Waals surface area contributed by atoms with Crippen LogP contribution < -0.4 is 11.1 Å². The SMILES string of the molecule is C/C(=C\CC(C)O)C(=O)NC(=O)CN. The predicted molar refractivity (Wildman–Crippen MR) is 52.3 cm³/mol. The molecule has 0 aromatic rings. The van der Waals surface area contributed by atoms with E-state index in [2.05, 4.69) is 5.32 Å². The monoisotopic (exact) mass is 200 g/mol. The second kappa shape index (κ2) is 6.28. The normalized spacial score (nSPS) is 13.6. The first kappa shape index (κ1) is 12.8. The Bertz CT molecular complexity index is 246. The number of hydrogen-bond donors (Lipinski definition) is 3. The van der Waals surface area contributed by atoms with Gasteiger partial charge in [-0.2, -0.15) is 0 Å². The van der Waals surface area contributed by atoms with Crippen LogP contribution in [-0.4, -0.2) is 29.6 Å². The van der Waals surface area contributed by atoms with E-state index in [0.717, 1.165) is 0 Å². The third kappa shape index (κ3) is 5.45. The second-order valence-electron chi connectivity index (χ2n) is 3.05. The fourth-order valence-corrected chi connectivity index (χ4v) is 0.716. The van der Waals surface area contributed by atoms with Crippen molar-refractivity contribution in [3.8, 4) is 0 Å². The zero-order valence-electron chi connectivity index (χ0n) is 8.41. The molecule has 0 bridgehead atoms. The van der Waals surface area contributed by atoms with E-state index in [0.29, 0.717) is 12.0 Å². The Morgan fingerprint density at radius 2 is 2.14 bits per heavy atom. The van der Waals surface area contributed by atoms with Crippen LogP contribution in [-0.2, 0) is 9.59 Å². The lowest BCUT2D eigenvalue weighted by atomic mass is 10.2. The molecule has 0 saturated carbocycles. The van der Waals surface area contributed by atoms with Crippen molar-refractivity contribution in [3.05, 3.63) is 11.6 Å². The first-order valence-corrected chi connectivity index (χ1v) is 4.36. The molecule has 0 aromatic carbocycles. The van der Waals surface area contributed by atoms with Crippen LogP contribution in [0.15, 0.2) is 11.6 Å². The van der Waals surface area contributed by atoms with Gasteiger partial charge in [0.15, 0.2) is 0 Å². The zero-order valence-corrected chi connectivity index (χ0v) is 8.41. The molecule has 0 fully saturated rings. The van der Waals surface area contributed by atoms with Crippen molar-refractivity contribution in [1.29, 1.82) is 0 Å². The second-order valence-corrected chi connectivity index (χ2v) is 3.05. The quantitative estimate of drug-likeness (QED) is 0.523. The molecule has 0 radical (unpaired) electrons. The molecule has 80 valence electrons. The van der Waals surface area contributed by atoms with Gasteiger partial charge in [0.25, 0.3) is 5.91 Å². The molecule has 0 aliphatic heterocycles. The van der Waals surface area contributed by atoms with Gasteiger partial charge in [-0.15, -0.1) is 0 Å². The summed E-state index contributed by atoms with van der Waals surface area (Å²) in [5.41, 5.74) is 5.41. The molecule has 4 N–H and O–H groups in total. The molecule has 0 spiro atoms. The first-order valence-electron chi connectivity index (χ1n) is 4.36. The summed E-state index contributed by atoms with van der Waals surface area (Å²) in [4.78, 5) is 21.9. The summed E-state index contributed by atoms with van der Waals surface area (Å²) < 4.78 is 0. The Labute approximate surface area is 83.0 Å². The molecule has 1 unspecified atom stereocenters. The van der Waals surface area contributed by atoms with Crippen LogP contribution in [0.5, 0.6) is 0 Å². The number of imide groups is 1. The number of nitrogens with two attached hydrogens (primary N) is 1. The number of hydrogen-bond acceptors (Lipinski definition) is 4. The molecule has 0 rings (SSSR count). The van der Waals surface area contributed by atoms with Gasteiger partial charge < -0.3 is 10.8 Å². The lowest BCUT2D eigenvalue weighted by Crippen LogP contribution is -2.35. The van der Waals surface area contributed by atoms with E-state index in [1.165, 1.54) is 0 Å². The molecule has 5 heteroatoms. The third-order valence-corrected chi connectivity index (χ3v) is 1.56. The van der Waals surface area contributed by atoms with Crippen LogP contribution >= 0.6 is 0 Å². The van der Waals surface area contributed by atoms with Gasteiger partial charge >= 0.3 is 0 Å². The smallest absolute Gasteiger partial charge is 0.253 e. The average Bonchev–Trinajstić information content (AvgIpc) is 2.13. The lowest BCUT2D eigenvalue weighted by molar-refractivity contribution is -0.127. The van der Waals surface area contributed by atoms with E-state index >= 15 is 0 Å². The maximum Gasteiger partial charge on any atom is 0.253 e. The number of carbonyl (C=O) groups excluding carboxylic acids is 2. The van der Waals surface area contributed by atoms with Gasteiger partial charge in [-0.25, -0.2) is 0 Å². The van der Waals surface area contributed by atoms with Crippen LogP contribution in [0.2, 0.25) is 0 Å². The van der Waals surface area contributed by atoms with Crippen LogP contribution in [0.25, 0.3) is 0 Å². The highest BCUT2D eigenvalue weighted by molar-refractivity contribution is 6.04. The molecule has 0 saturated heterocycles. The Kier molecular flexibility index (Phi) is 5.74. The molecule has 14 heavy (non-hydrogen) atoms. The van der Waals surface area contributed by atoms with Crippen LogP contribution in [0.4, 0.5) is 0 Å². The molecule has 2 amide bonds. The molecule has 0 aliphatic carbocycles. The highest BCUT2D eigenvalue weighted by Crippen LogP contribution is 1.98. The fraction of sp³-hybridized carbons (Fsp3) is 0.556. The number of aliphatic hydroxyl groups excluding tert-OH is 1. The highest BCUT2D eigenvalue weighted by Gasteiger charge is 2.07. The maximum atomic E-state index is 11.2. The zero-order chi connectivity index (χ0) is 11.1. The Hall–Kier alpha value is -1.20. The van der Waals surface area contributed by atoms with Crippen molar-refractivity contribution >= 4 is 11.8 Å². The van der Waals surface area contributed by atoms with Crippen LogP contribution in [0.1, 0.15) is 20.3 Å². The number of amides is 2. The van der Waals surface area contributed by atoms with Crippen molar-refractivity contribution in [3.63, 3.8) is 0 Å². The number of rotatable bonds is 4. The van der Waals surface area contributed by atoms with Crippen molar-refractivity contribution in [2.75, 3.05) is 6.54 Å². The molecular formula is C9H16N2O3. The van der Waals surface area contributed by atoms with E-state index in [1.807, 2.05) is 0 Å². The maximum absolute atomic E-state index is 11.2. The van der Waals surface area contributed by atoms with Crippen molar-refractivity contribution in [2.24, 2.45) is 5.73 Å². The average molecular weight is 200 g/mol. The first-order chi connectivity index (χ1) is 6.47. The summed E-state index contributed by atoms with van der Waals surface area (Å²) in [6.07, 6.45) is 1.46. The molecule has 5 nitrogen and oxygen atoms in total. The van der Waals surface area contributed by atoms with Crippen molar-refractivity contribution in [1.82, 2.24) is 5.32 Å². The lowest BCUT2D eigenvalue weighted by Gasteiger charge is -2.03. The van der Waals surface area contributed by atoms with Gasteiger partial charge in [-0.3, -0.25) is 14.9 Å². The molecular weight excluding hydrogens is 184 g/mol. The Morgan fingerprint density at radius 3 is 2.57 bits per heavy atom. The number of nitrogens with one attached hydrogen (secondary N) is 1. The van der Waals surface area contributed by atoms with Gasteiger partial charge in [-0.1, -0.05) is 6.08 Å². The number of carbonyl (C=O) groups is 2. The summed E-state index contributed by atoms with van der Waals surface area (Å²) in [5.74, 6) is -0.985. The van der Waals surface area contributed by atoms with Gasteiger partial charge in [0.2, 0.25) is 5.91 Å². The van der Waals surface area contributed by atoms with E-state index in [9.17, 15) is 9.59 Å². The molecule has 0 aliphatic rings. The van der Waals surface area contributed by atoms with Crippen LogP contribution in [0, 0.1) is 0 Å². The third-order valence-electron chi connectivity index (χ3n) is 1.56. The summed E-state index contributed by atoms with van der Waals surface area (Å²) in [6, 6.07) is 0. The Morgan fingerprint density at radius 1 is 1.57 bits per heavy atom. The van der Waals surface area contributed by atoms with Crippen LogP contribution in [0.3, 0.4) is 0 Å². The van der Waals surface area contributed by atoms with E-state index in [4.69, 9.17) is 10.8 Å². The van der Waals surface area contributed by atoms with E-state index in [-0.39, 0.29) is 6.54 Å². The standard InChI is InChI=1S/C9H16N2O3/c1-6(3-4-7(2)12)9(14)11-8(13)5-10/h3,7,12H,4-5,10H2,1-2H3,(H,11,13,14)/b6-3+. The topological polar surface area (TPSA) is 92.4 Å². The van der Waals surface area contributed by atoms with Gasteiger partial charge in [-0.05, 0) is 20.3 Å². The summed E-state index contributed by atoms with van der Waals surface area (Å²) >= 11 is 0. The van der Waals surface area contributed by atoms with Gasteiger partial charge in [0.1, 0.15) is 0 Å². The predicted octanol–water partition coefficient (Wildman–Crippen LogP) is -0.695. The molecule has 1 atom stereocenters. The minimum atomic E-state index is -0.514. The van der Waals surface area contributed by atoms with Crippen molar-refractivity contribution in [2.45, 2.75) is 26.4 Å². The van der Waals surface area contributed by atoms with E-state index < -0.39 is 17.9 Å². The largest absolute Gasteiger partial charge is 0.393 e. The van der Waals surface area contributed by atoms with Gasteiger partial charge in [0, 0.05) is 5.57 Å². The summed E-state index contributed by atoms with van der Waals surface area (Å²) in [7, 11) is 0. The minimum absolute atomic E-state index is 0.213. The molecule has 0 heterocycles. The molecule has 0 aromatic heterocycles. The van der Waals surface area contributed by atoms with Crippen molar-refractivity contribution < 1.29 is 14.7 Å². The Balaban J connectivity index is 4.11.